The third-order valence-electron chi connectivity index (χ3n) is 5.52. The summed E-state index contributed by atoms with van der Waals surface area (Å²) in [4.78, 5) is 2.41. The van der Waals surface area contributed by atoms with Crippen molar-refractivity contribution < 1.29 is 17.9 Å². The molecule has 8 heteroatoms. The molecule has 30 heavy (non-hydrogen) atoms. The molecule has 0 aliphatic carbocycles. The van der Waals surface area contributed by atoms with E-state index in [-0.39, 0.29) is 4.90 Å². The van der Waals surface area contributed by atoms with Gasteiger partial charge >= 0.3 is 0 Å². The summed E-state index contributed by atoms with van der Waals surface area (Å²) in [5.74, 6) is 0.677. The Labute approximate surface area is 182 Å². The lowest BCUT2D eigenvalue weighted by molar-refractivity contribution is 0.186. The first-order valence-corrected chi connectivity index (χ1v) is 11.7. The van der Waals surface area contributed by atoms with Gasteiger partial charge < -0.3 is 14.4 Å². The van der Waals surface area contributed by atoms with E-state index in [1.165, 1.54) is 10.4 Å². The number of anilines is 1. The molecule has 3 aromatic rings. The van der Waals surface area contributed by atoms with Crippen LogP contribution in [-0.4, -0.2) is 39.7 Å². The number of fused-ring (bicyclic) bond motifs is 1. The van der Waals surface area contributed by atoms with E-state index in [0.29, 0.717) is 22.9 Å². The fraction of sp³-hybridized carbons (Fsp3) is 0.364. The minimum absolute atomic E-state index is 0.213. The first-order chi connectivity index (χ1) is 14.5. The predicted molar refractivity (Wildman–Crippen MR) is 119 cm³/mol. The largest absolute Gasteiger partial charge is 0.495 e. The molecule has 0 saturated carbocycles. The standard InChI is InChI=1S/C22H25ClN2O4S/c1-28-15-16-14-25(20-12-17(23)6-8-19(16)20)30(26,27)18-7-9-22(29-2)21(13-18)24-10-4-3-5-11-24/h6-9,12-14H,3-5,10-11,15H2,1-2H3. The van der Waals surface area contributed by atoms with Gasteiger partial charge in [-0.1, -0.05) is 17.7 Å². The molecule has 1 aliphatic rings. The number of nitrogens with zero attached hydrogens (tertiary/aromatic N) is 2. The highest BCUT2D eigenvalue weighted by molar-refractivity contribution is 7.90. The molecule has 4 rings (SSSR count). The smallest absolute Gasteiger partial charge is 0.268 e. The number of rotatable bonds is 6. The summed E-state index contributed by atoms with van der Waals surface area (Å²) in [5.41, 5.74) is 2.13. The van der Waals surface area contributed by atoms with Crippen LogP contribution in [0.4, 0.5) is 5.69 Å². The van der Waals surface area contributed by atoms with E-state index in [9.17, 15) is 8.42 Å². The molecule has 2 aromatic carbocycles. The number of aromatic nitrogens is 1. The molecule has 0 unspecified atom stereocenters. The lowest BCUT2D eigenvalue weighted by atomic mass is 10.1. The third-order valence-corrected chi connectivity index (χ3v) is 7.42. The zero-order chi connectivity index (χ0) is 21.3. The Hall–Kier alpha value is -2.22. The molecule has 0 spiro atoms. The summed E-state index contributed by atoms with van der Waals surface area (Å²) in [6.45, 7) is 2.09. The van der Waals surface area contributed by atoms with Crippen molar-refractivity contribution in [2.75, 3.05) is 32.2 Å². The van der Waals surface area contributed by atoms with Crippen LogP contribution < -0.4 is 9.64 Å². The fourth-order valence-electron chi connectivity index (χ4n) is 4.03. The van der Waals surface area contributed by atoms with Gasteiger partial charge in [0.1, 0.15) is 5.75 Å². The van der Waals surface area contributed by atoms with Crippen LogP contribution in [0.15, 0.2) is 47.5 Å². The molecular formula is C22H25ClN2O4S. The molecule has 2 heterocycles. The molecule has 1 saturated heterocycles. The molecule has 0 amide bonds. The zero-order valence-electron chi connectivity index (χ0n) is 17.1. The minimum atomic E-state index is -3.85. The van der Waals surface area contributed by atoms with E-state index in [4.69, 9.17) is 21.1 Å². The van der Waals surface area contributed by atoms with Crippen LogP contribution in [0.5, 0.6) is 5.75 Å². The number of hydrogen-bond donors (Lipinski definition) is 0. The van der Waals surface area contributed by atoms with Crippen LogP contribution in [0, 0.1) is 0 Å². The molecule has 160 valence electrons. The van der Waals surface area contributed by atoms with Gasteiger partial charge in [0.05, 0.1) is 29.8 Å². The molecule has 1 aliphatic heterocycles. The van der Waals surface area contributed by atoms with Gasteiger partial charge in [0.15, 0.2) is 0 Å². The first-order valence-electron chi connectivity index (χ1n) is 9.92. The van der Waals surface area contributed by atoms with Gasteiger partial charge in [0.2, 0.25) is 0 Å². The van der Waals surface area contributed by atoms with Crippen molar-refractivity contribution >= 4 is 38.2 Å². The fourth-order valence-corrected chi connectivity index (χ4v) is 5.60. The number of halogens is 1. The summed E-state index contributed by atoms with van der Waals surface area (Å²) in [6, 6.07) is 10.3. The lowest BCUT2D eigenvalue weighted by Gasteiger charge is -2.30. The second-order valence-corrected chi connectivity index (χ2v) is 9.68. The van der Waals surface area contributed by atoms with Crippen molar-refractivity contribution in [3.05, 3.63) is 53.2 Å². The molecular weight excluding hydrogens is 424 g/mol. The quantitative estimate of drug-likeness (QED) is 0.548. The summed E-state index contributed by atoms with van der Waals surface area (Å²) < 4.78 is 39.3. The topological polar surface area (TPSA) is 60.8 Å². The summed E-state index contributed by atoms with van der Waals surface area (Å²) in [6.07, 6.45) is 4.97. The van der Waals surface area contributed by atoms with E-state index in [0.717, 1.165) is 42.6 Å². The van der Waals surface area contributed by atoms with Crippen LogP contribution >= 0.6 is 11.6 Å². The summed E-state index contributed by atoms with van der Waals surface area (Å²) in [5, 5.41) is 1.28. The molecule has 0 bridgehead atoms. The molecule has 0 N–H and O–H groups in total. The normalized spacial score (nSPS) is 15.0. The van der Waals surface area contributed by atoms with E-state index in [2.05, 4.69) is 4.90 Å². The average molecular weight is 449 g/mol. The van der Waals surface area contributed by atoms with Crippen molar-refractivity contribution in [2.45, 2.75) is 30.8 Å². The van der Waals surface area contributed by atoms with Crippen molar-refractivity contribution in [3.63, 3.8) is 0 Å². The van der Waals surface area contributed by atoms with Crippen LogP contribution in [0.3, 0.4) is 0 Å². The van der Waals surface area contributed by atoms with E-state index in [1.807, 2.05) is 6.07 Å². The first kappa shape index (κ1) is 21.0. The number of ether oxygens (including phenoxy) is 2. The van der Waals surface area contributed by atoms with Crippen molar-refractivity contribution in [2.24, 2.45) is 0 Å². The highest BCUT2D eigenvalue weighted by atomic mass is 35.5. The van der Waals surface area contributed by atoms with Crippen LogP contribution in [0.25, 0.3) is 10.9 Å². The molecule has 1 aromatic heterocycles. The Morgan fingerprint density at radius 3 is 2.50 bits per heavy atom. The maximum Gasteiger partial charge on any atom is 0.268 e. The van der Waals surface area contributed by atoms with Gasteiger partial charge in [0, 0.05) is 42.4 Å². The Bertz CT molecular complexity index is 1170. The van der Waals surface area contributed by atoms with Gasteiger partial charge in [-0.25, -0.2) is 12.4 Å². The Balaban J connectivity index is 1.85. The van der Waals surface area contributed by atoms with E-state index in [1.54, 1.807) is 50.7 Å². The molecule has 6 nitrogen and oxygen atoms in total. The summed E-state index contributed by atoms with van der Waals surface area (Å²) in [7, 11) is -0.654. The van der Waals surface area contributed by atoms with Gasteiger partial charge in [-0.05, 0) is 49.6 Å². The van der Waals surface area contributed by atoms with Crippen molar-refractivity contribution in [3.8, 4) is 5.75 Å². The van der Waals surface area contributed by atoms with Crippen LogP contribution in [-0.2, 0) is 21.4 Å². The Morgan fingerprint density at radius 1 is 1.03 bits per heavy atom. The number of methoxy groups -OCH3 is 2. The molecule has 1 fully saturated rings. The monoisotopic (exact) mass is 448 g/mol. The van der Waals surface area contributed by atoms with E-state index < -0.39 is 10.0 Å². The number of piperidine rings is 1. The van der Waals surface area contributed by atoms with E-state index >= 15 is 0 Å². The maximum atomic E-state index is 13.6. The summed E-state index contributed by atoms with van der Waals surface area (Å²) >= 11 is 6.18. The zero-order valence-corrected chi connectivity index (χ0v) is 18.7. The SMILES string of the molecule is COCc1cn(S(=O)(=O)c2ccc(OC)c(N3CCCCC3)c2)c2cc(Cl)ccc12. The second-order valence-electron chi connectivity index (χ2n) is 7.43. The Kier molecular flexibility index (Phi) is 5.95. The highest BCUT2D eigenvalue weighted by Gasteiger charge is 2.24. The van der Waals surface area contributed by atoms with Crippen molar-refractivity contribution in [1.29, 1.82) is 0 Å². The Morgan fingerprint density at radius 2 is 1.80 bits per heavy atom. The van der Waals surface area contributed by atoms with Crippen LogP contribution in [0.2, 0.25) is 5.02 Å². The highest BCUT2D eigenvalue weighted by Crippen LogP contribution is 2.35. The van der Waals surface area contributed by atoms with Gasteiger partial charge in [-0.2, -0.15) is 0 Å². The predicted octanol–water partition coefficient (Wildman–Crippen LogP) is 4.68. The molecule has 0 radical (unpaired) electrons. The van der Waals surface area contributed by atoms with Crippen LogP contribution in [0.1, 0.15) is 24.8 Å². The van der Waals surface area contributed by atoms with Crippen molar-refractivity contribution in [1.82, 2.24) is 3.97 Å². The number of benzene rings is 2. The average Bonchev–Trinajstić information content (AvgIpc) is 3.12. The lowest BCUT2D eigenvalue weighted by Crippen LogP contribution is -2.30. The van der Waals surface area contributed by atoms with Gasteiger partial charge in [0.25, 0.3) is 10.0 Å². The maximum absolute atomic E-state index is 13.6. The molecule has 0 atom stereocenters. The minimum Gasteiger partial charge on any atom is -0.495 e. The second kappa shape index (κ2) is 8.49. The third kappa shape index (κ3) is 3.77. The van der Waals surface area contributed by atoms with Gasteiger partial charge in [-0.15, -0.1) is 0 Å². The van der Waals surface area contributed by atoms with Gasteiger partial charge in [-0.3, -0.25) is 0 Å². The number of hydrogen-bond acceptors (Lipinski definition) is 5.